The number of carbonyl (C=O) groups excluding carboxylic acids is 1. The van der Waals surface area contributed by atoms with Gasteiger partial charge in [-0.15, -0.1) is 22.0 Å². The Bertz CT molecular complexity index is 1320. The molecule has 1 atom stereocenters. The van der Waals surface area contributed by atoms with Crippen molar-refractivity contribution >= 4 is 23.6 Å². The van der Waals surface area contributed by atoms with Crippen LogP contribution in [0, 0.1) is 5.92 Å². The van der Waals surface area contributed by atoms with Gasteiger partial charge in [0.2, 0.25) is 11.7 Å². The molecule has 0 aliphatic carbocycles. The third-order valence-corrected chi connectivity index (χ3v) is 7.51. The van der Waals surface area contributed by atoms with Crippen molar-refractivity contribution in [3.63, 3.8) is 0 Å². The molecule has 210 valence electrons. The van der Waals surface area contributed by atoms with E-state index < -0.39 is 12.0 Å². The number of benzene rings is 2. The summed E-state index contributed by atoms with van der Waals surface area (Å²) in [6.07, 6.45) is 9.61. The summed E-state index contributed by atoms with van der Waals surface area (Å²) < 4.78 is 0. The summed E-state index contributed by atoms with van der Waals surface area (Å²) in [5.41, 5.74) is 3.62. The fraction of sp³-hybridized carbons (Fsp3) is 0.323. The minimum absolute atomic E-state index is 0.147. The number of hydrogen-bond acceptors (Lipinski definition) is 6. The molecule has 2 aromatic carbocycles. The average molecular weight is 560 g/mol. The maximum Gasteiger partial charge on any atom is 0.326 e. The number of tetrazole rings is 1. The number of thioether (sulfide) groups is 1. The lowest BCUT2D eigenvalue weighted by molar-refractivity contribution is -0.153. The molecule has 0 aliphatic heterocycles. The molecule has 8 nitrogen and oxygen atoms in total. The van der Waals surface area contributed by atoms with Gasteiger partial charge in [0.25, 0.3) is 0 Å². The van der Waals surface area contributed by atoms with Crippen LogP contribution in [0.1, 0.15) is 45.6 Å². The molecule has 0 spiro atoms. The maximum atomic E-state index is 13.4. The van der Waals surface area contributed by atoms with E-state index in [1.54, 1.807) is 11.8 Å². The first kappa shape index (κ1) is 30.6. The van der Waals surface area contributed by atoms with E-state index in [4.69, 9.17) is 0 Å². The quantitative estimate of drug-likeness (QED) is 0.161. The number of unbranched alkanes of at least 4 members (excludes halogenated alkanes) is 1. The van der Waals surface area contributed by atoms with Gasteiger partial charge in [-0.2, -0.15) is 5.21 Å². The first-order chi connectivity index (χ1) is 19.3. The van der Waals surface area contributed by atoms with Crippen molar-refractivity contribution in [3.8, 4) is 22.5 Å². The second kappa shape index (κ2) is 15.6. The Labute approximate surface area is 240 Å². The van der Waals surface area contributed by atoms with E-state index in [-0.39, 0.29) is 18.4 Å². The number of H-pyrrole nitrogens is 1. The van der Waals surface area contributed by atoms with Crippen LogP contribution in [0.25, 0.3) is 22.5 Å². The first-order valence-corrected chi connectivity index (χ1v) is 14.4. The fourth-order valence-electron chi connectivity index (χ4n) is 4.39. The van der Waals surface area contributed by atoms with Gasteiger partial charge >= 0.3 is 5.97 Å². The molecule has 1 unspecified atom stereocenters. The summed E-state index contributed by atoms with van der Waals surface area (Å²) in [5.74, 6) is -0.00172. The van der Waals surface area contributed by atoms with Crippen LogP contribution in [0.5, 0.6) is 0 Å². The summed E-state index contributed by atoms with van der Waals surface area (Å²) in [7, 11) is 0. The molecular formula is C31H37N5O3S. The number of nitrogens with one attached hydrogen (secondary N) is 1. The van der Waals surface area contributed by atoms with Crippen LogP contribution in [-0.4, -0.2) is 54.3 Å². The average Bonchev–Trinajstić information content (AvgIpc) is 3.49. The van der Waals surface area contributed by atoms with Gasteiger partial charge in [0.1, 0.15) is 6.04 Å². The largest absolute Gasteiger partial charge is 0.480 e. The van der Waals surface area contributed by atoms with E-state index in [1.807, 2.05) is 93.6 Å². The van der Waals surface area contributed by atoms with Gasteiger partial charge < -0.3 is 10.0 Å². The van der Waals surface area contributed by atoms with Crippen molar-refractivity contribution in [2.24, 2.45) is 5.92 Å². The van der Waals surface area contributed by atoms with Crippen molar-refractivity contribution in [1.29, 1.82) is 0 Å². The van der Waals surface area contributed by atoms with Crippen LogP contribution in [0.15, 0.2) is 84.3 Å². The van der Waals surface area contributed by atoms with Crippen LogP contribution in [-0.2, 0) is 16.1 Å². The normalized spacial score (nSPS) is 12.6. The number of nitrogens with zero attached hydrogens (tertiary/aromatic N) is 4. The Morgan fingerprint density at radius 2 is 1.82 bits per heavy atom. The molecule has 2 N–H and O–H groups in total. The molecule has 0 bridgehead atoms. The van der Waals surface area contributed by atoms with E-state index in [2.05, 4.69) is 27.2 Å². The third kappa shape index (κ3) is 8.51. The van der Waals surface area contributed by atoms with Crippen LogP contribution >= 0.6 is 11.8 Å². The number of aliphatic carboxylic acids is 1. The van der Waals surface area contributed by atoms with Crippen molar-refractivity contribution in [3.05, 3.63) is 89.9 Å². The van der Waals surface area contributed by atoms with Crippen LogP contribution in [0.4, 0.5) is 0 Å². The second-order valence-corrected chi connectivity index (χ2v) is 10.8. The van der Waals surface area contributed by atoms with E-state index in [9.17, 15) is 14.7 Å². The van der Waals surface area contributed by atoms with E-state index in [0.29, 0.717) is 18.7 Å². The highest BCUT2D eigenvalue weighted by Gasteiger charge is 2.32. The van der Waals surface area contributed by atoms with E-state index in [1.165, 1.54) is 4.90 Å². The summed E-state index contributed by atoms with van der Waals surface area (Å²) >= 11 is 1.70. The minimum Gasteiger partial charge on any atom is -0.480 e. The molecule has 0 saturated heterocycles. The number of rotatable bonds is 15. The van der Waals surface area contributed by atoms with Crippen molar-refractivity contribution in [2.75, 3.05) is 5.75 Å². The standard InChI is InChI=1S/C31H37N5O3S/c1-5-7-12-25(6-2)40-20-11-10-15-28(37)36(29(22(3)4)31(38)39)21-23-16-18-24(19-17-23)26-13-8-9-14-27(26)30-32-34-35-33-30/h5-9,12-14,16-19,22,29H,2,10-11,15,20-21H2,1,3-4H3,(H,38,39)(H,32,33,34,35)/b7-5-,25-12+. The predicted octanol–water partition coefficient (Wildman–Crippen LogP) is 6.52. The summed E-state index contributed by atoms with van der Waals surface area (Å²) in [4.78, 5) is 28.2. The molecule has 3 rings (SSSR count). The summed E-state index contributed by atoms with van der Waals surface area (Å²) in [5, 5.41) is 24.3. The highest BCUT2D eigenvalue weighted by molar-refractivity contribution is 8.03. The van der Waals surface area contributed by atoms with Gasteiger partial charge in [0.05, 0.1) is 0 Å². The highest BCUT2D eigenvalue weighted by Crippen LogP contribution is 2.30. The number of amides is 1. The highest BCUT2D eigenvalue weighted by atomic mass is 32.2. The Balaban J connectivity index is 1.71. The number of aromatic nitrogens is 4. The molecule has 1 heterocycles. The molecular weight excluding hydrogens is 522 g/mol. The maximum absolute atomic E-state index is 13.4. The minimum atomic E-state index is -0.991. The number of allylic oxidation sites excluding steroid dienone is 4. The number of carboxylic acids is 1. The summed E-state index contributed by atoms with van der Waals surface area (Å²) in [6, 6.07) is 14.7. The van der Waals surface area contributed by atoms with E-state index in [0.717, 1.165) is 39.3 Å². The lowest BCUT2D eigenvalue weighted by atomic mass is 9.97. The van der Waals surface area contributed by atoms with Gasteiger partial charge in [-0.05, 0) is 59.4 Å². The molecule has 0 saturated carbocycles. The molecule has 1 aromatic heterocycles. The second-order valence-electron chi connectivity index (χ2n) is 9.63. The number of aromatic amines is 1. The van der Waals surface area contributed by atoms with Gasteiger partial charge in [0, 0.05) is 23.4 Å². The lowest BCUT2D eigenvalue weighted by Gasteiger charge is -2.32. The lowest BCUT2D eigenvalue weighted by Crippen LogP contribution is -2.47. The molecule has 0 radical (unpaired) electrons. The Morgan fingerprint density at radius 3 is 2.42 bits per heavy atom. The van der Waals surface area contributed by atoms with Crippen molar-refractivity contribution < 1.29 is 14.7 Å². The smallest absolute Gasteiger partial charge is 0.326 e. The zero-order valence-electron chi connectivity index (χ0n) is 23.3. The monoisotopic (exact) mass is 559 g/mol. The molecule has 9 heteroatoms. The summed E-state index contributed by atoms with van der Waals surface area (Å²) in [6.45, 7) is 9.71. The van der Waals surface area contributed by atoms with E-state index >= 15 is 0 Å². The number of carboxylic acid groups (broad SMARTS) is 1. The zero-order valence-corrected chi connectivity index (χ0v) is 24.1. The van der Waals surface area contributed by atoms with Crippen LogP contribution in [0.2, 0.25) is 0 Å². The third-order valence-electron chi connectivity index (χ3n) is 6.38. The SMILES string of the molecule is C=C/C(=C\C=C/C)SCCCCC(=O)N(Cc1ccc(-c2ccccc2-c2nn[nH]n2)cc1)C(C(=O)O)C(C)C. The Kier molecular flexibility index (Phi) is 11.9. The van der Waals surface area contributed by atoms with Crippen LogP contribution < -0.4 is 0 Å². The zero-order chi connectivity index (χ0) is 28.9. The fourth-order valence-corrected chi connectivity index (χ4v) is 5.27. The predicted molar refractivity (Wildman–Crippen MR) is 161 cm³/mol. The molecule has 0 aliphatic rings. The van der Waals surface area contributed by atoms with Crippen LogP contribution in [0.3, 0.4) is 0 Å². The molecule has 1 amide bonds. The molecule has 0 fully saturated rings. The Hall–Kier alpha value is -3.98. The molecule has 40 heavy (non-hydrogen) atoms. The Morgan fingerprint density at radius 1 is 1.10 bits per heavy atom. The number of carbonyl (C=O) groups is 2. The number of hydrogen-bond donors (Lipinski definition) is 2. The van der Waals surface area contributed by atoms with Crippen molar-refractivity contribution in [2.45, 2.75) is 52.6 Å². The van der Waals surface area contributed by atoms with Gasteiger partial charge in [-0.1, -0.05) is 87.2 Å². The van der Waals surface area contributed by atoms with Gasteiger partial charge in [-0.25, -0.2) is 4.79 Å². The first-order valence-electron chi connectivity index (χ1n) is 13.4. The molecule has 3 aromatic rings. The van der Waals surface area contributed by atoms with Gasteiger partial charge in [0.15, 0.2) is 0 Å². The van der Waals surface area contributed by atoms with Gasteiger partial charge in [-0.3, -0.25) is 4.79 Å². The topological polar surface area (TPSA) is 112 Å². The van der Waals surface area contributed by atoms with Crippen molar-refractivity contribution in [1.82, 2.24) is 25.5 Å².